The smallest absolute Gasteiger partial charge is 0.354 e. The number of benzene rings is 2. The Morgan fingerprint density at radius 3 is 2.18 bits per heavy atom. The van der Waals surface area contributed by atoms with E-state index in [0.717, 1.165) is 35.8 Å². The van der Waals surface area contributed by atoms with Gasteiger partial charge in [0.05, 0.1) is 17.5 Å². The number of unbranched alkanes of at least 4 members (excludes halogenated alkanes) is 1. The summed E-state index contributed by atoms with van der Waals surface area (Å²) in [4.78, 5) is 27.8. The van der Waals surface area contributed by atoms with Crippen molar-refractivity contribution in [3.05, 3.63) is 63.6 Å². The monoisotopic (exact) mass is 595 g/mol. The zero-order valence-corrected chi connectivity index (χ0v) is 23.5. The summed E-state index contributed by atoms with van der Waals surface area (Å²) in [5.41, 5.74) is -1.07. The second-order valence-electron chi connectivity index (χ2n) is 8.61. The van der Waals surface area contributed by atoms with Gasteiger partial charge in [-0.2, -0.15) is 13.2 Å². The van der Waals surface area contributed by atoms with Crippen LogP contribution in [0.25, 0.3) is 0 Å². The van der Waals surface area contributed by atoms with Crippen molar-refractivity contribution in [1.29, 1.82) is 0 Å². The summed E-state index contributed by atoms with van der Waals surface area (Å²) in [5, 5.41) is 3.23. The van der Waals surface area contributed by atoms with E-state index in [9.17, 15) is 31.2 Å². The van der Waals surface area contributed by atoms with Crippen LogP contribution >= 0.6 is 23.2 Å². The Hall–Kier alpha value is -2.50. The Morgan fingerprint density at radius 1 is 1.05 bits per heavy atom. The van der Waals surface area contributed by atoms with Gasteiger partial charge in [-0.15, -0.1) is 0 Å². The Bertz CT molecular complexity index is 1220. The Morgan fingerprint density at radius 2 is 1.66 bits per heavy atom. The van der Waals surface area contributed by atoms with Crippen LogP contribution in [-0.4, -0.2) is 50.5 Å². The van der Waals surface area contributed by atoms with Crippen molar-refractivity contribution >= 4 is 50.7 Å². The lowest BCUT2D eigenvalue weighted by Crippen LogP contribution is -2.52. The number of anilines is 1. The van der Waals surface area contributed by atoms with Gasteiger partial charge >= 0.3 is 6.18 Å². The number of sulfonamides is 1. The van der Waals surface area contributed by atoms with Crippen LogP contribution in [0.1, 0.15) is 44.2 Å². The van der Waals surface area contributed by atoms with E-state index in [0.29, 0.717) is 28.9 Å². The lowest BCUT2D eigenvalue weighted by molar-refractivity contribution is -0.140. The molecule has 38 heavy (non-hydrogen) atoms. The summed E-state index contributed by atoms with van der Waals surface area (Å²) in [5.74, 6) is -1.27. The van der Waals surface area contributed by atoms with Crippen LogP contribution < -0.4 is 9.62 Å². The molecular weight excluding hydrogens is 566 g/mol. The van der Waals surface area contributed by atoms with Crippen LogP contribution in [0, 0.1) is 0 Å². The summed E-state index contributed by atoms with van der Waals surface area (Å²) < 4.78 is 65.7. The van der Waals surface area contributed by atoms with Gasteiger partial charge in [-0.25, -0.2) is 8.42 Å². The zero-order valence-electron chi connectivity index (χ0n) is 21.2. The Kier molecular flexibility index (Phi) is 11.3. The van der Waals surface area contributed by atoms with Gasteiger partial charge in [0.25, 0.3) is 0 Å². The van der Waals surface area contributed by atoms with E-state index in [4.69, 9.17) is 23.2 Å². The lowest BCUT2D eigenvalue weighted by Gasteiger charge is -2.33. The summed E-state index contributed by atoms with van der Waals surface area (Å²) in [6, 6.07) is 7.36. The average Bonchev–Trinajstić information content (AvgIpc) is 2.83. The minimum atomic E-state index is -4.72. The number of hydrogen-bond donors (Lipinski definition) is 1. The maximum Gasteiger partial charge on any atom is 0.416 e. The Labute approximate surface area is 230 Å². The average molecular weight is 596 g/mol. The van der Waals surface area contributed by atoms with Crippen LogP contribution in [-0.2, 0) is 32.3 Å². The van der Waals surface area contributed by atoms with Gasteiger partial charge in [0.15, 0.2) is 0 Å². The molecule has 2 aromatic rings. The predicted octanol–water partition coefficient (Wildman–Crippen LogP) is 5.50. The minimum absolute atomic E-state index is 0.175. The van der Waals surface area contributed by atoms with Crippen molar-refractivity contribution < 1.29 is 31.2 Å². The molecular formula is C25H30Cl2F3N3O4S. The number of halogens is 5. The number of rotatable bonds is 12. The van der Waals surface area contributed by atoms with E-state index >= 15 is 0 Å². The molecule has 0 bridgehead atoms. The molecule has 2 amide bonds. The molecule has 210 valence electrons. The first-order valence-electron chi connectivity index (χ1n) is 11.9. The van der Waals surface area contributed by atoms with Gasteiger partial charge in [-0.05, 0) is 43.2 Å². The summed E-state index contributed by atoms with van der Waals surface area (Å²) >= 11 is 12.6. The molecule has 0 aromatic heterocycles. The molecule has 0 saturated carbocycles. The fraction of sp³-hybridized carbons (Fsp3) is 0.440. The van der Waals surface area contributed by atoms with E-state index in [1.807, 2.05) is 6.92 Å². The number of carbonyl (C=O) groups is 2. The van der Waals surface area contributed by atoms with Crippen molar-refractivity contribution in [2.75, 3.05) is 23.7 Å². The largest absolute Gasteiger partial charge is 0.416 e. The van der Waals surface area contributed by atoms with Crippen molar-refractivity contribution in [3.63, 3.8) is 0 Å². The third-order valence-electron chi connectivity index (χ3n) is 5.75. The molecule has 0 radical (unpaired) electrons. The zero-order chi connectivity index (χ0) is 28.7. The third-order valence-corrected chi connectivity index (χ3v) is 7.60. The van der Waals surface area contributed by atoms with Gasteiger partial charge in [-0.3, -0.25) is 13.9 Å². The second-order valence-corrected chi connectivity index (χ2v) is 11.3. The van der Waals surface area contributed by atoms with Crippen LogP contribution in [0.5, 0.6) is 0 Å². The highest BCUT2D eigenvalue weighted by Gasteiger charge is 2.34. The highest BCUT2D eigenvalue weighted by Crippen LogP contribution is 2.32. The Balaban J connectivity index is 2.52. The van der Waals surface area contributed by atoms with E-state index in [2.05, 4.69) is 5.32 Å². The first kappa shape index (κ1) is 31.7. The molecule has 2 rings (SSSR count). The topological polar surface area (TPSA) is 86.8 Å². The van der Waals surface area contributed by atoms with Crippen molar-refractivity contribution in [2.45, 2.75) is 51.9 Å². The van der Waals surface area contributed by atoms with Crippen LogP contribution in [0.3, 0.4) is 0 Å². The molecule has 1 atom stereocenters. The number of hydrogen-bond acceptors (Lipinski definition) is 4. The molecule has 0 aliphatic rings. The number of amides is 2. The fourth-order valence-electron chi connectivity index (χ4n) is 3.73. The van der Waals surface area contributed by atoms with Crippen molar-refractivity contribution in [2.24, 2.45) is 0 Å². The molecule has 0 aliphatic carbocycles. The maximum atomic E-state index is 13.6. The molecule has 1 N–H and O–H groups in total. The molecule has 0 spiro atoms. The fourth-order valence-corrected chi connectivity index (χ4v) is 5.09. The standard InChI is InChI=1S/C25H30Cl2F3N3O4S/c1-4-6-13-31-24(35)22(5-2)32(15-19-20(26)11-8-12-21(19)27)23(34)16-33(38(3,36)37)18-10-7-9-17(14-18)25(28,29)30/h7-12,14,22H,4-6,13,15-16H2,1-3H3,(H,31,35)/t22-/m1/s1. The normalized spacial score (nSPS) is 12.6. The van der Waals surface area contributed by atoms with Crippen LogP contribution in [0.15, 0.2) is 42.5 Å². The number of carbonyl (C=O) groups excluding carboxylic acids is 2. The molecule has 0 saturated heterocycles. The van der Waals surface area contributed by atoms with Gasteiger partial charge in [0.2, 0.25) is 21.8 Å². The highest BCUT2D eigenvalue weighted by molar-refractivity contribution is 7.92. The van der Waals surface area contributed by atoms with E-state index in [1.54, 1.807) is 25.1 Å². The molecule has 0 fully saturated rings. The van der Waals surface area contributed by atoms with E-state index in [-0.39, 0.29) is 28.7 Å². The second kappa shape index (κ2) is 13.5. The first-order valence-corrected chi connectivity index (χ1v) is 14.5. The van der Waals surface area contributed by atoms with Gasteiger partial charge in [0.1, 0.15) is 12.6 Å². The maximum absolute atomic E-state index is 13.6. The van der Waals surface area contributed by atoms with Crippen LogP contribution in [0.4, 0.5) is 18.9 Å². The molecule has 7 nitrogen and oxygen atoms in total. The predicted molar refractivity (Wildman–Crippen MR) is 143 cm³/mol. The molecule has 0 unspecified atom stereocenters. The molecule has 0 heterocycles. The summed E-state index contributed by atoms with van der Waals surface area (Å²) in [6.07, 6.45) is -2.22. The first-order chi connectivity index (χ1) is 17.7. The van der Waals surface area contributed by atoms with Crippen molar-refractivity contribution in [1.82, 2.24) is 10.2 Å². The van der Waals surface area contributed by atoms with Gasteiger partial charge in [0, 0.05) is 28.7 Å². The number of alkyl halides is 3. The molecule has 2 aromatic carbocycles. The number of nitrogens with zero attached hydrogens (tertiary/aromatic N) is 2. The van der Waals surface area contributed by atoms with E-state index < -0.39 is 46.2 Å². The molecule has 0 aliphatic heterocycles. The van der Waals surface area contributed by atoms with Gasteiger partial charge < -0.3 is 10.2 Å². The van der Waals surface area contributed by atoms with Gasteiger partial charge in [-0.1, -0.05) is 55.6 Å². The SMILES string of the molecule is CCCCNC(=O)[C@@H](CC)N(Cc1c(Cl)cccc1Cl)C(=O)CN(c1cccc(C(F)(F)F)c1)S(C)(=O)=O. The van der Waals surface area contributed by atoms with E-state index in [1.165, 1.54) is 0 Å². The third kappa shape index (κ3) is 8.51. The van der Waals surface area contributed by atoms with Crippen molar-refractivity contribution in [3.8, 4) is 0 Å². The van der Waals surface area contributed by atoms with Crippen LogP contribution in [0.2, 0.25) is 10.0 Å². The quantitative estimate of drug-likeness (QED) is 0.328. The highest BCUT2D eigenvalue weighted by atomic mass is 35.5. The summed E-state index contributed by atoms with van der Waals surface area (Å²) in [7, 11) is -4.20. The minimum Gasteiger partial charge on any atom is -0.354 e. The summed E-state index contributed by atoms with van der Waals surface area (Å²) in [6.45, 7) is 2.94. The molecule has 13 heteroatoms. The number of nitrogens with one attached hydrogen (secondary N) is 1. The lowest BCUT2D eigenvalue weighted by atomic mass is 10.1.